The molecule has 1 heterocycles. The maximum absolute atomic E-state index is 12.7. The molecule has 0 spiro atoms. The first-order valence-corrected chi connectivity index (χ1v) is 9.35. The van der Waals surface area contributed by atoms with Gasteiger partial charge in [0, 0.05) is 29.1 Å². The molecule has 5 heteroatoms. The number of benzene rings is 1. The van der Waals surface area contributed by atoms with Gasteiger partial charge in [-0.15, -0.1) is 0 Å². The fraction of sp³-hybridized carbons (Fsp3) is 0.611. The van der Waals surface area contributed by atoms with Crippen molar-refractivity contribution in [1.82, 2.24) is 5.32 Å². The molecule has 1 saturated heterocycles. The van der Waals surface area contributed by atoms with Gasteiger partial charge in [-0.2, -0.15) is 0 Å². The third-order valence-electron chi connectivity index (χ3n) is 5.30. The number of anilines is 1. The molecule has 1 aromatic rings. The third kappa shape index (κ3) is 3.72. The van der Waals surface area contributed by atoms with Crippen molar-refractivity contribution in [3.8, 4) is 0 Å². The smallest absolute Gasteiger partial charge is 0.225 e. The molecule has 3 atom stereocenters. The average Bonchev–Trinajstić information content (AvgIpc) is 2.95. The summed E-state index contributed by atoms with van der Waals surface area (Å²) in [6, 6.07) is 8.46. The number of nitrogens with zero attached hydrogens (tertiary/aromatic N) is 1. The average molecular weight is 380 g/mol. The van der Waals surface area contributed by atoms with E-state index in [1.54, 1.807) is 0 Å². The normalized spacial score (nSPS) is 31.2. The standard InChI is InChI=1S/C18H26BrN3O/c1-18(20)10-5-4-6-14(18)17(23)21-13-9-11-22(12-13)16-8-3-2-7-15(16)19/h2-3,7-8,13-14H,4-6,9-12,20H2,1H3,(H,21,23). The SMILES string of the molecule is CC1(N)CCCCC1C(=O)NC1CCN(c2ccccc2Br)C1. The zero-order chi connectivity index (χ0) is 16.4. The second-order valence-corrected chi connectivity index (χ2v) is 8.05. The van der Waals surface area contributed by atoms with Crippen molar-refractivity contribution >= 4 is 27.5 Å². The molecule has 1 amide bonds. The lowest BCUT2D eigenvalue weighted by Crippen LogP contribution is -2.54. The predicted molar refractivity (Wildman–Crippen MR) is 97.5 cm³/mol. The van der Waals surface area contributed by atoms with E-state index in [1.165, 1.54) is 5.69 Å². The van der Waals surface area contributed by atoms with E-state index in [9.17, 15) is 4.79 Å². The first-order chi connectivity index (χ1) is 11.0. The van der Waals surface area contributed by atoms with E-state index in [4.69, 9.17) is 5.73 Å². The molecule has 4 nitrogen and oxygen atoms in total. The van der Waals surface area contributed by atoms with Crippen molar-refractivity contribution in [1.29, 1.82) is 0 Å². The molecule has 23 heavy (non-hydrogen) atoms. The summed E-state index contributed by atoms with van der Waals surface area (Å²) in [6.45, 7) is 3.86. The second-order valence-electron chi connectivity index (χ2n) is 7.20. The number of hydrogen-bond acceptors (Lipinski definition) is 3. The van der Waals surface area contributed by atoms with Crippen molar-refractivity contribution in [3.05, 3.63) is 28.7 Å². The largest absolute Gasteiger partial charge is 0.368 e. The summed E-state index contributed by atoms with van der Waals surface area (Å²) in [7, 11) is 0. The van der Waals surface area contributed by atoms with Crippen LogP contribution in [0.1, 0.15) is 39.0 Å². The number of hydrogen-bond donors (Lipinski definition) is 2. The lowest BCUT2D eigenvalue weighted by Gasteiger charge is -2.37. The van der Waals surface area contributed by atoms with Crippen LogP contribution in [-0.2, 0) is 4.79 Å². The van der Waals surface area contributed by atoms with Crippen LogP contribution in [-0.4, -0.2) is 30.6 Å². The Morgan fingerprint density at radius 3 is 2.87 bits per heavy atom. The molecular formula is C18H26BrN3O. The van der Waals surface area contributed by atoms with Gasteiger partial charge in [0.25, 0.3) is 0 Å². The molecule has 0 aromatic heterocycles. The van der Waals surface area contributed by atoms with Gasteiger partial charge in [0.2, 0.25) is 5.91 Å². The third-order valence-corrected chi connectivity index (χ3v) is 5.97. The number of amides is 1. The summed E-state index contributed by atoms with van der Waals surface area (Å²) >= 11 is 3.61. The van der Waals surface area contributed by atoms with E-state index in [0.29, 0.717) is 0 Å². The molecule has 0 radical (unpaired) electrons. The summed E-state index contributed by atoms with van der Waals surface area (Å²) in [5.41, 5.74) is 7.20. The van der Waals surface area contributed by atoms with Gasteiger partial charge < -0.3 is 16.0 Å². The summed E-state index contributed by atoms with van der Waals surface area (Å²) < 4.78 is 1.11. The molecule has 2 fully saturated rings. The van der Waals surface area contributed by atoms with Gasteiger partial charge in [-0.05, 0) is 54.2 Å². The van der Waals surface area contributed by atoms with Crippen LogP contribution < -0.4 is 16.0 Å². The number of halogens is 1. The fourth-order valence-electron chi connectivity index (χ4n) is 3.90. The van der Waals surface area contributed by atoms with Gasteiger partial charge in [-0.1, -0.05) is 25.0 Å². The summed E-state index contributed by atoms with van der Waals surface area (Å²) in [5.74, 6) is 0.0995. The maximum Gasteiger partial charge on any atom is 0.225 e. The molecular weight excluding hydrogens is 354 g/mol. The van der Waals surface area contributed by atoms with Crippen LogP contribution >= 0.6 is 15.9 Å². The first kappa shape index (κ1) is 16.8. The van der Waals surface area contributed by atoms with E-state index < -0.39 is 0 Å². The highest BCUT2D eigenvalue weighted by Gasteiger charge is 2.39. The molecule has 126 valence electrons. The molecule has 2 aliphatic rings. The second kappa shape index (κ2) is 6.81. The van der Waals surface area contributed by atoms with E-state index in [0.717, 1.165) is 49.7 Å². The topological polar surface area (TPSA) is 58.4 Å². The van der Waals surface area contributed by atoms with Crippen molar-refractivity contribution in [2.45, 2.75) is 50.6 Å². The molecule has 1 saturated carbocycles. The minimum Gasteiger partial charge on any atom is -0.368 e. The Kier molecular flexibility index (Phi) is 4.97. The lowest BCUT2D eigenvalue weighted by atomic mass is 9.74. The van der Waals surface area contributed by atoms with E-state index in [-0.39, 0.29) is 23.4 Å². The molecule has 0 bridgehead atoms. The van der Waals surface area contributed by atoms with Crippen LogP contribution in [0.4, 0.5) is 5.69 Å². The number of carbonyl (C=O) groups excluding carboxylic acids is 1. The molecule has 1 aromatic carbocycles. The highest BCUT2D eigenvalue weighted by atomic mass is 79.9. The van der Waals surface area contributed by atoms with Crippen LogP contribution in [0.2, 0.25) is 0 Å². The van der Waals surface area contributed by atoms with Crippen LogP contribution in [0.15, 0.2) is 28.7 Å². The summed E-state index contributed by atoms with van der Waals surface area (Å²) in [4.78, 5) is 15.0. The highest BCUT2D eigenvalue weighted by molar-refractivity contribution is 9.10. The van der Waals surface area contributed by atoms with Crippen molar-refractivity contribution in [2.75, 3.05) is 18.0 Å². The van der Waals surface area contributed by atoms with Crippen LogP contribution in [0, 0.1) is 5.92 Å². The van der Waals surface area contributed by atoms with Gasteiger partial charge >= 0.3 is 0 Å². The molecule has 3 N–H and O–H groups in total. The van der Waals surface area contributed by atoms with E-state index in [2.05, 4.69) is 38.3 Å². The number of para-hydroxylation sites is 1. The quantitative estimate of drug-likeness (QED) is 0.848. The molecule has 3 unspecified atom stereocenters. The Hall–Kier alpha value is -1.07. The first-order valence-electron chi connectivity index (χ1n) is 8.56. The monoisotopic (exact) mass is 379 g/mol. The van der Waals surface area contributed by atoms with Crippen LogP contribution in [0.3, 0.4) is 0 Å². The zero-order valence-electron chi connectivity index (χ0n) is 13.7. The minimum absolute atomic E-state index is 0.0474. The van der Waals surface area contributed by atoms with Crippen molar-refractivity contribution in [3.63, 3.8) is 0 Å². The Labute approximate surface area is 146 Å². The molecule has 1 aliphatic heterocycles. The number of carbonyl (C=O) groups is 1. The summed E-state index contributed by atoms with van der Waals surface area (Å²) in [6.07, 6.45) is 5.09. The van der Waals surface area contributed by atoms with Crippen molar-refractivity contribution < 1.29 is 4.79 Å². The molecule has 3 rings (SSSR count). The van der Waals surface area contributed by atoms with E-state index >= 15 is 0 Å². The van der Waals surface area contributed by atoms with Gasteiger partial charge in [-0.3, -0.25) is 4.79 Å². The molecule has 1 aliphatic carbocycles. The zero-order valence-corrected chi connectivity index (χ0v) is 15.3. The maximum atomic E-state index is 12.7. The number of rotatable bonds is 3. The van der Waals surface area contributed by atoms with Gasteiger partial charge in [0.1, 0.15) is 0 Å². The van der Waals surface area contributed by atoms with Gasteiger partial charge in [0.05, 0.1) is 11.6 Å². The van der Waals surface area contributed by atoms with Crippen molar-refractivity contribution in [2.24, 2.45) is 11.7 Å². The Bertz CT molecular complexity index is 575. The highest BCUT2D eigenvalue weighted by Crippen LogP contribution is 2.32. The van der Waals surface area contributed by atoms with Gasteiger partial charge in [0.15, 0.2) is 0 Å². The fourth-order valence-corrected chi connectivity index (χ4v) is 4.43. The number of nitrogens with one attached hydrogen (secondary N) is 1. The predicted octanol–water partition coefficient (Wildman–Crippen LogP) is 3.05. The number of nitrogens with two attached hydrogens (primary N) is 1. The Morgan fingerprint density at radius 1 is 1.35 bits per heavy atom. The van der Waals surface area contributed by atoms with Crippen LogP contribution in [0.5, 0.6) is 0 Å². The Balaban J connectivity index is 1.60. The van der Waals surface area contributed by atoms with Gasteiger partial charge in [-0.25, -0.2) is 0 Å². The minimum atomic E-state index is -0.358. The Morgan fingerprint density at radius 2 is 2.13 bits per heavy atom. The lowest BCUT2D eigenvalue weighted by molar-refractivity contribution is -0.128. The summed E-state index contributed by atoms with van der Waals surface area (Å²) in [5, 5.41) is 3.25. The van der Waals surface area contributed by atoms with Crippen LogP contribution in [0.25, 0.3) is 0 Å². The van der Waals surface area contributed by atoms with E-state index in [1.807, 2.05) is 19.1 Å².